The lowest BCUT2D eigenvalue weighted by Gasteiger charge is -2.19. The Balaban J connectivity index is 1.58. The molecule has 1 atom stereocenters. The summed E-state index contributed by atoms with van der Waals surface area (Å²) in [4.78, 5) is 40.4. The number of hydrogen-bond acceptors (Lipinski definition) is 4. The van der Waals surface area contributed by atoms with Crippen LogP contribution >= 0.6 is 23.2 Å². The molecule has 0 bridgehead atoms. The van der Waals surface area contributed by atoms with Crippen molar-refractivity contribution in [1.82, 2.24) is 4.90 Å². The van der Waals surface area contributed by atoms with E-state index in [0.717, 1.165) is 0 Å². The predicted octanol–water partition coefficient (Wildman–Crippen LogP) is 4.23. The molecule has 9 heteroatoms. The van der Waals surface area contributed by atoms with Crippen molar-refractivity contribution in [2.45, 2.75) is 20.3 Å². The molecule has 2 aromatic rings. The Labute approximate surface area is 197 Å². The van der Waals surface area contributed by atoms with E-state index in [0.29, 0.717) is 35.2 Å². The zero-order valence-corrected chi connectivity index (χ0v) is 19.4. The van der Waals surface area contributed by atoms with E-state index in [1.807, 2.05) is 13.8 Å². The summed E-state index contributed by atoms with van der Waals surface area (Å²) in [6.07, 6.45) is 0.122. The van der Waals surface area contributed by atoms with Crippen LogP contribution in [0.15, 0.2) is 42.5 Å². The number of carbonyl (C=O) groups excluding carboxylic acids is 3. The lowest BCUT2D eigenvalue weighted by Crippen LogP contribution is -2.34. The number of carbonyl (C=O) groups is 3. The van der Waals surface area contributed by atoms with Gasteiger partial charge in [-0.3, -0.25) is 14.4 Å². The second-order valence-corrected chi connectivity index (χ2v) is 8.21. The molecule has 1 aliphatic rings. The molecular weight excluding hydrogens is 453 g/mol. The van der Waals surface area contributed by atoms with Crippen LogP contribution in [0.3, 0.4) is 0 Å². The van der Waals surface area contributed by atoms with E-state index in [2.05, 4.69) is 5.32 Å². The number of ether oxygens (including phenoxy) is 1. The van der Waals surface area contributed by atoms with Gasteiger partial charge in [0.15, 0.2) is 6.61 Å². The van der Waals surface area contributed by atoms with Crippen LogP contribution in [0.2, 0.25) is 10.0 Å². The molecule has 0 radical (unpaired) electrons. The van der Waals surface area contributed by atoms with Crippen molar-refractivity contribution in [2.75, 3.05) is 36.5 Å². The zero-order chi connectivity index (χ0) is 23.3. The van der Waals surface area contributed by atoms with Gasteiger partial charge in [0.1, 0.15) is 5.75 Å². The molecule has 2 aromatic carbocycles. The molecule has 1 heterocycles. The van der Waals surface area contributed by atoms with Gasteiger partial charge in [0.2, 0.25) is 11.8 Å². The number of anilines is 2. The van der Waals surface area contributed by atoms with Crippen LogP contribution in [0, 0.1) is 5.92 Å². The number of nitrogens with one attached hydrogen (secondary N) is 1. The van der Waals surface area contributed by atoms with E-state index in [4.69, 9.17) is 27.9 Å². The summed E-state index contributed by atoms with van der Waals surface area (Å²) in [6, 6.07) is 11.7. The van der Waals surface area contributed by atoms with Crippen LogP contribution in [0.1, 0.15) is 20.3 Å². The summed E-state index contributed by atoms with van der Waals surface area (Å²) in [7, 11) is 0. The van der Waals surface area contributed by atoms with E-state index in [9.17, 15) is 14.4 Å². The number of rotatable bonds is 8. The fourth-order valence-corrected chi connectivity index (χ4v) is 3.86. The van der Waals surface area contributed by atoms with Crippen LogP contribution in [0.5, 0.6) is 5.75 Å². The molecule has 0 saturated carbocycles. The van der Waals surface area contributed by atoms with E-state index in [1.54, 1.807) is 52.3 Å². The van der Waals surface area contributed by atoms with Gasteiger partial charge in [-0.15, -0.1) is 0 Å². The highest BCUT2D eigenvalue weighted by Gasteiger charge is 2.35. The van der Waals surface area contributed by atoms with Crippen molar-refractivity contribution in [2.24, 2.45) is 5.92 Å². The first kappa shape index (κ1) is 23.9. The molecule has 0 aliphatic carbocycles. The van der Waals surface area contributed by atoms with Crippen molar-refractivity contribution in [3.63, 3.8) is 0 Å². The lowest BCUT2D eigenvalue weighted by atomic mass is 10.1. The van der Waals surface area contributed by atoms with Crippen molar-refractivity contribution < 1.29 is 19.1 Å². The third kappa shape index (κ3) is 5.72. The van der Waals surface area contributed by atoms with E-state index < -0.39 is 5.92 Å². The molecule has 3 rings (SSSR count). The van der Waals surface area contributed by atoms with Gasteiger partial charge >= 0.3 is 0 Å². The molecule has 170 valence electrons. The summed E-state index contributed by atoms with van der Waals surface area (Å²) in [6.45, 7) is 5.19. The Hall–Kier alpha value is -2.77. The first-order valence-electron chi connectivity index (χ1n) is 10.4. The Morgan fingerprint density at radius 2 is 1.81 bits per heavy atom. The van der Waals surface area contributed by atoms with E-state index in [1.165, 1.54) is 0 Å². The number of hydrogen-bond donors (Lipinski definition) is 1. The van der Waals surface area contributed by atoms with Crippen LogP contribution in [0.4, 0.5) is 11.4 Å². The van der Waals surface area contributed by atoms with Gasteiger partial charge in [0, 0.05) is 42.5 Å². The van der Waals surface area contributed by atoms with Gasteiger partial charge in [-0.2, -0.15) is 0 Å². The summed E-state index contributed by atoms with van der Waals surface area (Å²) >= 11 is 12.2. The number of halogens is 2. The molecule has 7 nitrogen and oxygen atoms in total. The van der Waals surface area contributed by atoms with Crippen LogP contribution in [-0.2, 0) is 14.4 Å². The highest BCUT2D eigenvalue weighted by atomic mass is 35.5. The minimum absolute atomic E-state index is 0.113. The molecular formula is C23H25Cl2N3O4. The van der Waals surface area contributed by atoms with Crippen molar-refractivity contribution in [3.8, 4) is 5.75 Å². The van der Waals surface area contributed by atoms with Gasteiger partial charge in [0.05, 0.1) is 10.9 Å². The third-order valence-corrected chi connectivity index (χ3v) is 5.85. The molecule has 1 aliphatic heterocycles. The summed E-state index contributed by atoms with van der Waals surface area (Å²) < 4.78 is 5.53. The Morgan fingerprint density at radius 1 is 1.12 bits per heavy atom. The van der Waals surface area contributed by atoms with Crippen molar-refractivity contribution >= 4 is 52.3 Å². The smallest absolute Gasteiger partial charge is 0.260 e. The van der Waals surface area contributed by atoms with Gasteiger partial charge in [-0.1, -0.05) is 23.2 Å². The first-order valence-corrected chi connectivity index (χ1v) is 11.1. The lowest BCUT2D eigenvalue weighted by molar-refractivity contribution is -0.133. The molecule has 1 fully saturated rings. The average Bonchev–Trinajstić information content (AvgIpc) is 3.16. The highest BCUT2D eigenvalue weighted by Crippen LogP contribution is 2.30. The predicted molar refractivity (Wildman–Crippen MR) is 125 cm³/mol. The molecule has 0 spiro atoms. The maximum absolute atomic E-state index is 12.7. The fraction of sp³-hybridized carbons (Fsp3) is 0.348. The maximum Gasteiger partial charge on any atom is 0.260 e. The topological polar surface area (TPSA) is 79.0 Å². The summed E-state index contributed by atoms with van der Waals surface area (Å²) in [5.74, 6) is -0.641. The van der Waals surface area contributed by atoms with Gasteiger partial charge < -0.3 is 19.9 Å². The second kappa shape index (κ2) is 10.7. The van der Waals surface area contributed by atoms with Gasteiger partial charge in [-0.05, 0) is 56.3 Å². The summed E-state index contributed by atoms with van der Waals surface area (Å²) in [5, 5.41) is 3.66. The average molecular weight is 478 g/mol. The zero-order valence-electron chi connectivity index (χ0n) is 17.9. The number of likely N-dealkylation sites (N-methyl/N-ethyl adjacent to an activating group) is 1. The quantitative estimate of drug-likeness (QED) is 0.616. The third-order valence-electron chi connectivity index (χ3n) is 5.30. The Bertz CT molecular complexity index is 993. The monoisotopic (exact) mass is 477 g/mol. The Morgan fingerprint density at radius 3 is 2.44 bits per heavy atom. The van der Waals surface area contributed by atoms with E-state index >= 15 is 0 Å². The molecule has 1 saturated heterocycles. The van der Waals surface area contributed by atoms with Crippen LogP contribution in [0.25, 0.3) is 0 Å². The normalized spacial score (nSPS) is 15.6. The van der Waals surface area contributed by atoms with Crippen molar-refractivity contribution in [3.05, 3.63) is 52.5 Å². The molecule has 3 amide bonds. The minimum Gasteiger partial charge on any atom is -0.482 e. The minimum atomic E-state index is -0.487. The number of amides is 3. The SMILES string of the molecule is CCN(CC)C(=O)COc1ccc(NC(=O)C2CC(=O)N(c3ccc(Cl)cc3)C2)cc1Cl. The van der Waals surface area contributed by atoms with Gasteiger partial charge in [0.25, 0.3) is 5.91 Å². The Kier molecular flexibility index (Phi) is 7.99. The van der Waals surface area contributed by atoms with E-state index in [-0.39, 0.29) is 42.3 Å². The van der Waals surface area contributed by atoms with Crippen LogP contribution < -0.4 is 15.0 Å². The largest absolute Gasteiger partial charge is 0.482 e. The van der Waals surface area contributed by atoms with Crippen molar-refractivity contribution in [1.29, 1.82) is 0 Å². The van der Waals surface area contributed by atoms with Gasteiger partial charge in [-0.25, -0.2) is 0 Å². The standard InChI is InChI=1S/C23H25Cl2N3O4/c1-3-27(4-2)22(30)14-32-20-10-7-17(12-19(20)25)26-23(31)15-11-21(29)28(13-15)18-8-5-16(24)6-9-18/h5-10,12,15H,3-4,11,13-14H2,1-2H3,(H,26,31). The van der Waals surface area contributed by atoms with Crippen LogP contribution in [-0.4, -0.2) is 48.9 Å². The molecule has 1 unspecified atom stereocenters. The maximum atomic E-state index is 12.7. The second-order valence-electron chi connectivity index (χ2n) is 7.37. The summed E-state index contributed by atoms with van der Waals surface area (Å²) in [5.41, 5.74) is 1.19. The molecule has 32 heavy (non-hydrogen) atoms. The highest BCUT2D eigenvalue weighted by molar-refractivity contribution is 6.32. The number of nitrogens with zero attached hydrogens (tertiary/aromatic N) is 2. The number of benzene rings is 2. The molecule has 1 N–H and O–H groups in total. The molecule has 0 aromatic heterocycles. The first-order chi connectivity index (χ1) is 15.3. The fourth-order valence-electron chi connectivity index (χ4n) is 3.50.